The molecule has 0 atom stereocenters. The number of rotatable bonds is 2. The highest BCUT2D eigenvalue weighted by Crippen LogP contribution is 2.39. The van der Waals surface area contributed by atoms with Crippen molar-refractivity contribution >= 4 is 22.3 Å². The van der Waals surface area contributed by atoms with Crippen LogP contribution in [0.2, 0.25) is 0 Å². The van der Waals surface area contributed by atoms with Crippen molar-refractivity contribution in [1.82, 2.24) is 4.98 Å². The molecule has 104 valence electrons. The summed E-state index contributed by atoms with van der Waals surface area (Å²) >= 11 is 0. The fourth-order valence-corrected chi connectivity index (χ4v) is 3.08. The van der Waals surface area contributed by atoms with E-state index < -0.39 is 0 Å². The molecule has 3 nitrogen and oxygen atoms in total. The fraction of sp³-hybridized carbons (Fsp3) is 0.167. The first-order valence-electron chi connectivity index (χ1n) is 7.30. The normalized spacial score (nSPS) is 13.7. The van der Waals surface area contributed by atoms with Gasteiger partial charge in [0.15, 0.2) is 0 Å². The van der Waals surface area contributed by atoms with Crippen molar-refractivity contribution in [3.8, 4) is 0 Å². The SMILES string of the molecule is NCc1ccc(N2CCc3cnc4ccccc4c32)cc1. The number of benzene rings is 2. The van der Waals surface area contributed by atoms with Gasteiger partial charge in [-0.15, -0.1) is 0 Å². The van der Waals surface area contributed by atoms with Crippen LogP contribution in [0.4, 0.5) is 11.4 Å². The lowest BCUT2D eigenvalue weighted by atomic mass is 10.1. The van der Waals surface area contributed by atoms with Gasteiger partial charge in [0, 0.05) is 30.4 Å². The van der Waals surface area contributed by atoms with Crippen molar-refractivity contribution in [2.45, 2.75) is 13.0 Å². The van der Waals surface area contributed by atoms with Crippen molar-refractivity contribution in [2.75, 3.05) is 11.4 Å². The number of anilines is 2. The Bertz CT molecular complexity index is 793. The van der Waals surface area contributed by atoms with E-state index in [1.165, 1.54) is 22.3 Å². The number of fused-ring (bicyclic) bond motifs is 3. The molecule has 0 saturated heterocycles. The van der Waals surface area contributed by atoms with Crippen LogP contribution < -0.4 is 10.6 Å². The van der Waals surface area contributed by atoms with Crippen molar-refractivity contribution in [3.05, 3.63) is 65.9 Å². The van der Waals surface area contributed by atoms with Crippen LogP contribution in [0.1, 0.15) is 11.1 Å². The molecule has 1 aliphatic heterocycles. The van der Waals surface area contributed by atoms with Gasteiger partial charge in [-0.3, -0.25) is 4.98 Å². The van der Waals surface area contributed by atoms with E-state index in [1.54, 1.807) is 0 Å². The first-order chi connectivity index (χ1) is 10.4. The van der Waals surface area contributed by atoms with Gasteiger partial charge in [0.05, 0.1) is 11.2 Å². The Kier molecular flexibility index (Phi) is 2.86. The molecular weight excluding hydrogens is 258 g/mol. The van der Waals surface area contributed by atoms with Crippen LogP contribution in [-0.2, 0) is 13.0 Å². The Morgan fingerprint density at radius 3 is 2.67 bits per heavy atom. The number of hydrogen-bond acceptors (Lipinski definition) is 3. The Morgan fingerprint density at radius 1 is 1.05 bits per heavy atom. The second-order valence-electron chi connectivity index (χ2n) is 5.42. The number of para-hydroxylation sites is 1. The van der Waals surface area contributed by atoms with Gasteiger partial charge in [0.2, 0.25) is 0 Å². The van der Waals surface area contributed by atoms with E-state index in [9.17, 15) is 0 Å². The molecule has 0 unspecified atom stereocenters. The maximum Gasteiger partial charge on any atom is 0.0723 e. The number of pyridine rings is 1. The second kappa shape index (κ2) is 4.86. The molecule has 2 heterocycles. The summed E-state index contributed by atoms with van der Waals surface area (Å²) in [5, 5.41) is 1.23. The molecule has 0 spiro atoms. The van der Waals surface area contributed by atoms with Gasteiger partial charge in [0.25, 0.3) is 0 Å². The number of hydrogen-bond donors (Lipinski definition) is 1. The van der Waals surface area contributed by atoms with Gasteiger partial charge in [-0.05, 0) is 35.7 Å². The van der Waals surface area contributed by atoms with Crippen LogP contribution >= 0.6 is 0 Å². The first-order valence-corrected chi connectivity index (χ1v) is 7.30. The summed E-state index contributed by atoms with van der Waals surface area (Å²) in [6.07, 6.45) is 3.07. The van der Waals surface area contributed by atoms with E-state index in [0.717, 1.165) is 24.0 Å². The van der Waals surface area contributed by atoms with Gasteiger partial charge in [-0.1, -0.05) is 30.3 Å². The predicted molar refractivity (Wildman–Crippen MR) is 86.8 cm³/mol. The van der Waals surface area contributed by atoms with Gasteiger partial charge in [-0.2, -0.15) is 0 Å². The van der Waals surface area contributed by atoms with E-state index in [1.807, 2.05) is 12.3 Å². The summed E-state index contributed by atoms with van der Waals surface area (Å²) in [6.45, 7) is 1.59. The molecule has 2 aromatic carbocycles. The highest BCUT2D eigenvalue weighted by molar-refractivity contribution is 5.96. The van der Waals surface area contributed by atoms with E-state index >= 15 is 0 Å². The molecule has 0 radical (unpaired) electrons. The summed E-state index contributed by atoms with van der Waals surface area (Å²) < 4.78 is 0. The summed E-state index contributed by atoms with van der Waals surface area (Å²) in [6, 6.07) is 16.9. The largest absolute Gasteiger partial charge is 0.340 e. The minimum Gasteiger partial charge on any atom is -0.340 e. The third-order valence-electron chi connectivity index (χ3n) is 4.18. The summed E-state index contributed by atoms with van der Waals surface area (Å²) in [4.78, 5) is 6.95. The lowest BCUT2D eigenvalue weighted by Crippen LogP contribution is -2.13. The molecule has 0 aliphatic carbocycles. The van der Waals surface area contributed by atoms with E-state index in [2.05, 4.69) is 52.3 Å². The van der Waals surface area contributed by atoms with Crippen LogP contribution in [0.25, 0.3) is 10.9 Å². The Morgan fingerprint density at radius 2 is 1.86 bits per heavy atom. The zero-order valence-corrected chi connectivity index (χ0v) is 11.8. The highest BCUT2D eigenvalue weighted by Gasteiger charge is 2.23. The fourth-order valence-electron chi connectivity index (χ4n) is 3.08. The number of nitrogens with two attached hydrogens (primary N) is 1. The van der Waals surface area contributed by atoms with E-state index in [-0.39, 0.29) is 0 Å². The zero-order valence-electron chi connectivity index (χ0n) is 11.8. The van der Waals surface area contributed by atoms with Gasteiger partial charge in [0.1, 0.15) is 0 Å². The smallest absolute Gasteiger partial charge is 0.0723 e. The monoisotopic (exact) mass is 275 g/mol. The van der Waals surface area contributed by atoms with Gasteiger partial charge < -0.3 is 10.6 Å². The maximum atomic E-state index is 5.68. The second-order valence-corrected chi connectivity index (χ2v) is 5.42. The molecule has 21 heavy (non-hydrogen) atoms. The lowest BCUT2D eigenvalue weighted by molar-refractivity contribution is 0.994. The molecule has 1 aliphatic rings. The molecular formula is C18H17N3. The van der Waals surface area contributed by atoms with Crippen molar-refractivity contribution in [3.63, 3.8) is 0 Å². The molecule has 2 N–H and O–H groups in total. The average molecular weight is 275 g/mol. The standard InChI is InChI=1S/C18H17N3/c19-11-13-5-7-15(8-6-13)21-10-9-14-12-20-17-4-2-1-3-16(17)18(14)21/h1-8,12H,9-11,19H2. The topological polar surface area (TPSA) is 42.1 Å². The zero-order chi connectivity index (χ0) is 14.2. The number of aromatic nitrogens is 1. The van der Waals surface area contributed by atoms with Crippen molar-refractivity contribution < 1.29 is 0 Å². The number of nitrogens with zero attached hydrogens (tertiary/aromatic N) is 2. The van der Waals surface area contributed by atoms with E-state index in [0.29, 0.717) is 6.54 Å². The Labute approximate surface area is 124 Å². The molecule has 0 amide bonds. The lowest BCUT2D eigenvalue weighted by Gasteiger charge is -2.21. The predicted octanol–water partition coefficient (Wildman–Crippen LogP) is 3.39. The maximum absolute atomic E-state index is 5.68. The average Bonchev–Trinajstić information content (AvgIpc) is 2.99. The molecule has 0 saturated carbocycles. The minimum absolute atomic E-state index is 0.587. The van der Waals surface area contributed by atoms with Gasteiger partial charge >= 0.3 is 0 Å². The summed E-state index contributed by atoms with van der Waals surface area (Å²) in [5.41, 5.74) is 11.8. The molecule has 0 bridgehead atoms. The summed E-state index contributed by atoms with van der Waals surface area (Å²) in [5.74, 6) is 0. The molecule has 1 aromatic heterocycles. The van der Waals surface area contributed by atoms with Crippen LogP contribution in [-0.4, -0.2) is 11.5 Å². The van der Waals surface area contributed by atoms with Crippen LogP contribution in [0, 0.1) is 0 Å². The third kappa shape index (κ3) is 1.98. The first kappa shape index (κ1) is 12.4. The van der Waals surface area contributed by atoms with Crippen molar-refractivity contribution in [2.24, 2.45) is 5.73 Å². The molecule has 3 heteroatoms. The summed E-state index contributed by atoms with van der Waals surface area (Å²) in [7, 11) is 0. The minimum atomic E-state index is 0.587. The van der Waals surface area contributed by atoms with E-state index in [4.69, 9.17) is 5.73 Å². The van der Waals surface area contributed by atoms with Gasteiger partial charge in [-0.25, -0.2) is 0 Å². The quantitative estimate of drug-likeness (QED) is 0.779. The van der Waals surface area contributed by atoms with Crippen molar-refractivity contribution in [1.29, 1.82) is 0 Å². The highest BCUT2D eigenvalue weighted by atomic mass is 15.2. The van der Waals surface area contributed by atoms with Crippen LogP contribution in [0.5, 0.6) is 0 Å². The Hall–Kier alpha value is -2.39. The molecule has 4 rings (SSSR count). The van der Waals surface area contributed by atoms with Crippen LogP contribution in [0.15, 0.2) is 54.7 Å². The van der Waals surface area contributed by atoms with Crippen LogP contribution in [0.3, 0.4) is 0 Å². The third-order valence-corrected chi connectivity index (χ3v) is 4.18. The molecule has 3 aromatic rings. The molecule has 0 fully saturated rings. The Balaban J connectivity index is 1.86.